The molecule has 0 spiro atoms. The lowest BCUT2D eigenvalue weighted by molar-refractivity contribution is 0.179. The average Bonchev–Trinajstić information content (AvgIpc) is 3.00. The number of halogens is 1. The van der Waals surface area contributed by atoms with Gasteiger partial charge in [-0.05, 0) is 24.6 Å². The SMILES string of the molecule is COCC(C)NC(N)=NCc1cccc(N2CC=CC2)c1.I. The smallest absolute Gasteiger partial charge is 0.189 e. The molecule has 2 rings (SSSR count). The van der Waals surface area contributed by atoms with Crippen LogP contribution in [0.3, 0.4) is 0 Å². The van der Waals surface area contributed by atoms with Gasteiger partial charge in [0.2, 0.25) is 0 Å². The molecule has 0 bridgehead atoms. The first-order chi connectivity index (χ1) is 10.2. The van der Waals surface area contributed by atoms with Crippen LogP contribution in [0.5, 0.6) is 0 Å². The molecule has 0 amide bonds. The highest BCUT2D eigenvalue weighted by Gasteiger charge is 2.07. The largest absolute Gasteiger partial charge is 0.383 e. The summed E-state index contributed by atoms with van der Waals surface area (Å²) in [5, 5.41) is 3.10. The van der Waals surface area contributed by atoms with Crippen LogP contribution >= 0.6 is 24.0 Å². The molecule has 0 saturated heterocycles. The molecule has 0 saturated carbocycles. The van der Waals surface area contributed by atoms with Gasteiger partial charge in [-0.3, -0.25) is 0 Å². The number of nitrogens with two attached hydrogens (primary N) is 1. The van der Waals surface area contributed by atoms with Gasteiger partial charge >= 0.3 is 0 Å². The lowest BCUT2D eigenvalue weighted by Gasteiger charge is -2.18. The third-order valence-electron chi connectivity index (χ3n) is 3.34. The van der Waals surface area contributed by atoms with E-state index in [1.807, 2.05) is 6.92 Å². The summed E-state index contributed by atoms with van der Waals surface area (Å²) in [6.07, 6.45) is 4.37. The number of hydrogen-bond acceptors (Lipinski definition) is 3. The summed E-state index contributed by atoms with van der Waals surface area (Å²) >= 11 is 0. The van der Waals surface area contributed by atoms with Crippen molar-refractivity contribution in [2.24, 2.45) is 10.7 Å². The van der Waals surface area contributed by atoms with Crippen LogP contribution in [0.15, 0.2) is 41.4 Å². The number of hydrogen-bond donors (Lipinski definition) is 2. The second kappa shape index (κ2) is 9.68. The Morgan fingerprint density at radius 1 is 1.41 bits per heavy atom. The Labute approximate surface area is 149 Å². The van der Waals surface area contributed by atoms with Gasteiger partial charge in [0.1, 0.15) is 0 Å². The molecular weight excluding hydrogens is 391 g/mol. The molecule has 122 valence electrons. The first-order valence-corrected chi connectivity index (χ1v) is 7.23. The topological polar surface area (TPSA) is 62.9 Å². The predicted octanol–water partition coefficient (Wildman–Crippen LogP) is 2.12. The van der Waals surface area contributed by atoms with Crippen molar-refractivity contribution < 1.29 is 4.74 Å². The van der Waals surface area contributed by atoms with Crippen LogP contribution < -0.4 is 16.0 Å². The van der Waals surface area contributed by atoms with E-state index in [2.05, 4.69) is 51.6 Å². The molecule has 1 aromatic rings. The van der Waals surface area contributed by atoms with E-state index < -0.39 is 0 Å². The second-order valence-corrected chi connectivity index (χ2v) is 5.25. The monoisotopic (exact) mass is 416 g/mol. The average molecular weight is 416 g/mol. The Kier molecular flexibility index (Phi) is 8.26. The maximum absolute atomic E-state index is 5.88. The van der Waals surface area contributed by atoms with Crippen molar-refractivity contribution in [1.29, 1.82) is 0 Å². The summed E-state index contributed by atoms with van der Waals surface area (Å²) in [4.78, 5) is 6.69. The fourth-order valence-corrected chi connectivity index (χ4v) is 2.31. The van der Waals surface area contributed by atoms with Gasteiger partial charge in [0.25, 0.3) is 0 Å². The van der Waals surface area contributed by atoms with E-state index in [1.54, 1.807) is 7.11 Å². The number of nitrogens with zero attached hydrogens (tertiary/aromatic N) is 2. The number of benzene rings is 1. The Balaban J connectivity index is 0.00000242. The molecule has 1 atom stereocenters. The number of ether oxygens (including phenoxy) is 1. The van der Waals surface area contributed by atoms with Crippen LogP contribution in [0.1, 0.15) is 12.5 Å². The Morgan fingerprint density at radius 3 is 2.82 bits per heavy atom. The fourth-order valence-electron chi connectivity index (χ4n) is 2.31. The Bertz CT molecular complexity index is 511. The number of methoxy groups -OCH3 is 1. The standard InChI is InChI=1S/C16H24N4O.HI/c1-13(12-21-2)19-16(17)18-11-14-6-5-7-15(10-14)20-8-3-4-9-20;/h3-7,10,13H,8-9,11-12H2,1-2H3,(H3,17,18,19);1H. The van der Waals surface area contributed by atoms with E-state index in [0.717, 1.165) is 18.7 Å². The molecule has 6 heteroatoms. The number of aliphatic imine (C=N–C) groups is 1. The van der Waals surface area contributed by atoms with E-state index in [9.17, 15) is 0 Å². The maximum atomic E-state index is 5.88. The van der Waals surface area contributed by atoms with E-state index in [1.165, 1.54) is 5.69 Å². The van der Waals surface area contributed by atoms with Crippen LogP contribution in [0, 0.1) is 0 Å². The molecule has 3 N–H and O–H groups in total. The third-order valence-corrected chi connectivity index (χ3v) is 3.34. The predicted molar refractivity (Wildman–Crippen MR) is 103 cm³/mol. The first-order valence-electron chi connectivity index (χ1n) is 7.23. The van der Waals surface area contributed by atoms with Gasteiger partial charge in [-0.1, -0.05) is 24.3 Å². The molecule has 0 aliphatic carbocycles. The highest BCUT2D eigenvalue weighted by atomic mass is 127. The van der Waals surface area contributed by atoms with Crippen molar-refractivity contribution in [3.8, 4) is 0 Å². The van der Waals surface area contributed by atoms with Gasteiger partial charge in [0.15, 0.2) is 5.96 Å². The van der Waals surface area contributed by atoms with Crippen molar-refractivity contribution in [1.82, 2.24) is 5.32 Å². The van der Waals surface area contributed by atoms with Crippen molar-refractivity contribution >= 4 is 35.6 Å². The fraction of sp³-hybridized carbons (Fsp3) is 0.438. The minimum atomic E-state index is 0. The van der Waals surface area contributed by atoms with Crippen molar-refractivity contribution in [2.45, 2.75) is 19.5 Å². The number of nitrogens with one attached hydrogen (secondary N) is 1. The van der Waals surface area contributed by atoms with E-state index >= 15 is 0 Å². The normalized spacial score (nSPS) is 15.5. The molecular formula is C16H25IN4O. The van der Waals surface area contributed by atoms with Crippen LogP contribution in [-0.2, 0) is 11.3 Å². The quantitative estimate of drug-likeness (QED) is 0.323. The summed E-state index contributed by atoms with van der Waals surface area (Å²) in [7, 11) is 1.67. The van der Waals surface area contributed by atoms with Crippen LogP contribution in [0.4, 0.5) is 5.69 Å². The summed E-state index contributed by atoms with van der Waals surface area (Å²) < 4.78 is 5.06. The maximum Gasteiger partial charge on any atom is 0.189 e. The van der Waals surface area contributed by atoms with Crippen molar-refractivity contribution in [3.05, 3.63) is 42.0 Å². The summed E-state index contributed by atoms with van der Waals surface area (Å²) in [5.41, 5.74) is 8.26. The lowest BCUT2D eigenvalue weighted by atomic mass is 10.2. The molecule has 1 aliphatic rings. The van der Waals surface area contributed by atoms with Gasteiger partial charge < -0.3 is 20.7 Å². The van der Waals surface area contributed by atoms with Gasteiger partial charge in [-0.25, -0.2) is 4.99 Å². The summed E-state index contributed by atoms with van der Waals surface area (Å²) in [6, 6.07) is 8.59. The van der Waals surface area contributed by atoms with Gasteiger partial charge in [-0.15, -0.1) is 24.0 Å². The zero-order valence-electron chi connectivity index (χ0n) is 13.2. The highest BCUT2D eigenvalue weighted by Crippen LogP contribution is 2.18. The number of rotatable bonds is 6. The molecule has 22 heavy (non-hydrogen) atoms. The van der Waals surface area contributed by atoms with Crippen LogP contribution in [0.2, 0.25) is 0 Å². The molecule has 0 radical (unpaired) electrons. The van der Waals surface area contributed by atoms with Crippen molar-refractivity contribution in [2.75, 3.05) is 31.7 Å². The molecule has 5 nitrogen and oxygen atoms in total. The van der Waals surface area contributed by atoms with Crippen molar-refractivity contribution in [3.63, 3.8) is 0 Å². The molecule has 1 aliphatic heterocycles. The lowest BCUT2D eigenvalue weighted by Crippen LogP contribution is -2.40. The van der Waals surface area contributed by atoms with Gasteiger partial charge in [0, 0.05) is 31.9 Å². The van der Waals surface area contributed by atoms with Crippen LogP contribution in [0.25, 0.3) is 0 Å². The third kappa shape index (κ3) is 5.84. The van der Waals surface area contributed by atoms with Gasteiger partial charge in [0.05, 0.1) is 13.2 Å². The molecule has 0 fully saturated rings. The molecule has 0 aromatic heterocycles. The highest BCUT2D eigenvalue weighted by molar-refractivity contribution is 14.0. The first kappa shape index (κ1) is 18.8. The van der Waals surface area contributed by atoms with E-state index in [4.69, 9.17) is 10.5 Å². The zero-order valence-corrected chi connectivity index (χ0v) is 15.5. The Hall–Kier alpha value is -1.28. The summed E-state index contributed by atoms with van der Waals surface area (Å²) in [6.45, 7) is 5.14. The molecule has 1 aromatic carbocycles. The molecule has 1 heterocycles. The van der Waals surface area contributed by atoms with E-state index in [-0.39, 0.29) is 30.0 Å². The minimum absolute atomic E-state index is 0. The van der Waals surface area contributed by atoms with Crippen LogP contribution in [-0.4, -0.2) is 38.8 Å². The van der Waals surface area contributed by atoms with Gasteiger partial charge in [-0.2, -0.15) is 0 Å². The zero-order chi connectivity index (χ0) is 15.1. The summed E-state index contributed by atoms with van der Waals surface area (Å²) in [5.74, 6) is 0.452. The van der Waals surface area contributed by atoms with E-state index in [0.29, 0.717) is 19.1 Å². The number of guanidine groups is 1. The second-order valence-electron chi connectivity index (χ2n) is 5.25. The number of anilines is 1. The Morgan fingerprint density at radius 2 is 2.14 bits per heavy atom. The molecule has 1 unspecified atom stereocenters. The minimum Gasteiger partial charge on any atom is -0.383 e.